The molecular formula is C38H44O4S2. The van der Waals surface area contributed by atoms with Crippen LogP contribution in [0.3, 0.4) is 0 Å². The molecule has 0 spiro atoms. The number of Topliss-reactive ketones (excluding diaryl/α,β-unsaturated/α-hetero) is 2. The van der Waals surface area contributed by atoms with Gasteiger partial charge >= 0.3 is 0 Å². The third-order valence-corrected chi connectivity index (χ3v) is 10.7. The third-order valence-electron chi connectivity index (χ3n) is 8.18. The number of rotatable bonds is 18. The van der Waals surface area contributed by atoms with Crippen LogP contribution in [0.15, 0.2) is 60.7 Å². The number of hydrogen-bond donors (Lipinski definition) is 0. The van der Waals surface area contributed by atoms with Crippen LogP contribution in [-0.2, 0) is 0 Å². The number of carbonyl (C=O) groups excluding carboxylic acids is 2. The Balaban J connectivity index is 1.22. The second-order valence-corrected chi connectivity index (χ2v) is 13.8. The predicted molar refractivity (Wildman–Crippen MR) is 185 cm³/mol. The van der Waals surface area contributed by atoms with Crippen LogP contribution in [0.25, 0.3) is 30.6 Å². The molecule has 1 aliphatic rings. The summed E-state index contributed by atoms with van der Waals surface area (Å²) in [5.74, 6) is 0.881. The zero-order valence-corrected chi connectivity index (χ0v) is 27.8. The van der Waals surface area contributed by atoms with Crippen LogP contribution < -0.4 is 9.47 Å². The van der Waals surface area contributed by atoms with Gasteiger partial charge in [0.05, 0.1) is 23.0 Å². The summed E-state index contributed by atoms with van der Waals surface area (Å²) in [5, 5.41) is 0. The third kappa shape index (κ3) is 8.08. The monoisotopic (exact) mass is 628 g/mol. The van der Waals surface area contributed by atoms with Crippen molar-refractivity contribution >= 4 is 34.2 Å². The highest BCUT2D eigenvalue weighted by molar-refractivity contribution is 7.26. The molecule has 0 radical (unpaired) electrons. The van der Waals surface area contributed by atoms with E-state index in [1.165, 1.54) is 64.2 Å². The van der Waals surface area contributed by atoms with E-state index >= 15 is 0 Å². The molecule has 4 nitrogen and oxygen atoms in total. The summed E-state index contributed by atoms with van der Waals surface area (Å²) < 4.78 is 11.9. The minimum absolute atomic E-state index is 0.420. The first kappa shape index (κ1) is 32.2. The molecule has 0 saturated heterocycles. The summed E-state index contributed by atoms with van der Waals surface area (Å²) in [6.45, 7) is 5.93. The second-order valence-electron chi connectivity index (χ2n) is 11.6. The highest BCUT2D eigenvalue weighted by Crippen LogP contribution is 2.48. The molecule has 0 aliphatic heterocycles. The molecular weight excluding hydrogens is 585 g/mol. The molecule has 1 aliphatic carbocycles. The van der Waals surface area contributed by atoms with Gasteiger partial charge in [0.15, 0.2) is 0 Å². The number of fused-ring (bicyclic) bond motifs is 3. The van der Waals surface area contributed by atoms with Crippen LogP contribution in [0.1, 0.15) is 112 Å². The Morgan fingerprint density at radius 2 is 0.864 bits per heavy atom. The van der Waals surface area contributed by atoms with Crippen molar-refractivity contribution in [2.75, 3.05) is 13.2 Å². The molecule has 2 aromatic heterocycles. The summed E-state index contributed by atoms with van der Waals surface area (Å²) in [5.41, 5.74) is 3.06. The smallest absolute Gasteiger partial charge is 0.235 e. The van der Waals surface area contributed by atoms with E-state index < -0.39 is 11.6 Å². The van der Waals surface area contributed by atoms with E-state index in [9.17, 15) is 9.59 Å². The Labute approximate surface area is 270 Å². The van der Waals surface area contributed by atoms with Gasteiger partial charge < -0.3 is 9.47 Å². The minimum atomic E-state index is -0.420. The molecule has 2 heterocycles. The largest absolute Gasteiger partial charge is 0.494 e. The fourth-order valence-corrected chi connectivity index (χ4v) is 8.04. The van der Waals surface area contributed by atoms with Gasteiger partial charge in [0, 0.05) is 20.9 Å². The molecule has 44 heavy (non-hydrogen) atoms. The topological polar surface area (TPSA) is 52.6 Å². The van der Waals surface area contributed by atoms with Crippen molar-refractivity contribution in [2.45, 2.75) is 90.9 Å². The van der Waals surface area contributed by atoms with Crippen LogP contribution in [-0.4, -0.2) is 24.8 Å². The van der Waals surface area contributed by atoms with E-state index in [-0.39, 0.29) is 0 Å². The summed E-state index contributed by atoms with van der Waals surface area (Å²) in [7, 11) is 0. The number of ether oxygens (including phenoxy) is 2. The average molecular weight is 629 g/mol. The fourth-order valence-electron chi connectivity index (χ4n) is 5.56. The van der Waals surface area contributed by atoms with Gasteiger partial charge in [0.2, 0.25) is 11.6 Å². The van der Waals surface area contributed by atoms with Crippen LogP contribution in [0.4, 0.5) is 0 Å². The van der Waals surface area contributed by atoms with Gasteiger partial charge in [-0.05, 0) is 84.6 Å². The second kappa shape index (κ2) is 16.2. The zero-order valence-electron chi connectivity index (χ0n) is 26.1. The van der Waals surface area contributed by atoms with Crippen molar-refractivity contribution in [1.29, 1.82) is 0 Å². The minimum Gasteiger partial charge on any atom is -0.494 e. The molecule has 0 N–H and O–H groups in total. The van der Waals surface area contributed by atoms with Crippen molar-refractivity contribution in [1.82, 2.24) is 0 Å². The van der Waals surface area contributed by atoms with Gasteiger partial charge in [0.25, 0.3) is 0 Å². The van der Waals surface area contributed by atoms with Gasteiger partial charge in [-0.3, -0.25) is 9.59 Å². The molecule has 0 amide bonds. The van der Waals surface area contributed by atoms with Crippen LogP contribution in [0.2, 0.25) is 0 Å². The molecule has 0 bridgehead atoms. The SMILES string of the molecule is CCCCCCCCOc1ccc(-c2cc3c(s2)-c2sc(-c4ccc(OCCCCCCCC)cc4)cc2C(=O)C3=O)cc1. The fraction of sp³-hybridized carbons (Fsp3) is 0.421. The van der Waals surface area contributed by atoms with Gasteiger partial charge in [-0.15, -0.1) is 22.7 Å². The molecule has 232 valence electrons. The van der Waals surface area contributed by atoms with E-state index in [0.29, 0.717) is 11.1 Å². The number of unbranched alkanes of at least 4 members (excludes halogenated alkanes) is 10. The highest BCUT2D eigenvalue weighted by Gasteiger charge is 2.34. The molecule has 0 fully saturated rings. The van der Waals surface area contributed by atoms with E-state index in [1.807, 2.05) is 60.7 Å². The van der Waals surface area contributed by atoms with Crippen LogP contribution >= 0.6 is 22.7 Å². The van der Waals surface area contributed by atoms with Gasteiger partial charge in [0.1, 0.15) is 11.5 Å². The van der Waals surface area contributed by atoms with Crippen molar-refractivity contribution in [3.8, 4) is 42.1 Å². The Kier molecular flexibility index (Phi) is 11.8. The maximum absolute atomic E-state index is 13.1. The van der Waals surface area contributed by atoms with Crippen molar-refractivity contribution in [3.05, 3.63) is 71.8 Å². The number of benzene rings is 2. The first-order valence-corrected chi connectivity index (χ1v) is 18.1. The van der Waals surface area contributed by atoms with Crippen molar-refractivity contribution < 1.29 is 19.1 Å². The summed E-state index contributed by atoms with van der Waals surface area (Å²) >= 11 is 3.16. The van der Waals surface area contributed by atoms with Crippen molar-refractivity contribution in [3.63, 3.8) is 0 Å². The van der Waals surface area contributed by atoms with Gasteiger partial charge in [-0.2, -0.15) is 0 Å². The highest BCUT2D eigenvalue weighted by atomic mass is 32.1. The normalized spacial score (nSPS) is 12.3. The quantitative estimate of drug-likeness (QED) is 0.0812. The van der Waals surface area contributed by atoms with E-state index in [2.05, 4.69) is 13.8 Å². The molecule has 0 unspecified atom stereocenters. The first-order valence-electron chi connectivity index (χ1n) is 16.4. The molecule has 5 rings (SSSR count). The molecule has 6 heteroatoms. The lowest BCUT2D eigenvalue weighted by atomic mass is 9.94. The summed E-state index contributed by atoms with van der Waals surface area (Å²) in [6.07, 6.45) is 14.9. The van der Waals surface area contributed by atoms with E-state index in [4.69, 9.17) is 9.47 Å². The zero-order chi connectivity index (χ0) is 30.7. The molecule has 2 aromatic carbocycles. The summed E-state index contributed by atoms with van der Waals surface area (Å²) in [6, 6.07) is 19.9. The number of thiophene rings is 2. The van der Waals surface area contributed by atoms with Crippen molar-refractivity contribution in [2.24, 2.45) is 0 Å². The maximum Gasteiger partial charge on any atom is 0.235 e. The van der Waals surface area contributed by atoms with Gasteiger partial charge in [-0.1, -0.05) is 78.1 Å². The maximum atomic E-state index is 13.1. The Bertz CT molecular complexity index is 1400. The lowest BCUT2D eigenvalue weighted by molar-refractivity contribution is 0.0816. The van der Waals surface area contributed by atoms with E-state index in [1.54, 1.807) is 22.7 Å². The average Bonchev–Trinajstić information content (AvgIpc) is 3.69. The Hall–Kier alpha value is -3.22. The van der Waals surface area contributed by atoms with Crippen LogP contribution in [0.5, 0.6) is 11.5 Å². The predicted octanol–water partition coefficient (Wildman–Crippen LogP) is 11.7. The number of hydrogen-bond acceptors (Lipinski definition) is 6. The van der Waals surface area contributed by atoms with E-state index in [0.717, 1.165) is 68.2 Å². The number of carbonyl (C=O) groups is 2. The van der Waals surface area contributed by atoms with Gasteiger partial charge in [-0.25, -0.2) is 0 Å². The standard InChI is InChI=1S/C38H44O4S2/c1-3-5-7-9-11-13-23-41-29-19-15-27(16-20-29)33-25-31-35(39)36(40)32-26-34(44-38(32)37(31)43-33)28-17-21-30(22-18-28)42-24-14-12-10-8-6-4-2/h15-22,25-26H,3-14,23-24H2,1-2H3. The first-order chi connectivity index (χ1) is 21.6. The molecule has 0 saturated carbocycles. The Morgan fingerprint density at radius 3 is 1.25 bits per heavy atom. The number of ketones is 2. The molecule has 4 aromatic rings. The van der Waals surface area contributed by atoms with Crippen LogP contribution in [0, 0.1) is 0 Å². The lowest BCUT2D eigenvalue weighted by Crippen LogP contribution is -2.18. The Morgan fingerprint density at radius 1 is 0.500 bits per heavy atom. The lowest BCUT2D eigenvalue weighted by Gasteiger charge is -2.08. The molecule has 0 atom stereocenters. The summed E-state index contributed by atoms with van der Waals surface area (Å²) in [4.78, 5) is 30.0.